The Labute approximate surface area is 141 Å². The van der Waals surface area contributed by atoms with Crippen LogP contribution in [0.4, 0.5) is 0 Å². The average Bonchev–Trinajstić information content (AvgIpc) is 3.06. The van der Waals surface area contributed by atoms with Crippen LogP contribution in [0.25, 0.3) is 0 Å². The summed E-state index contributed by atoms with van der Waals surface area (Å²) in [6, 6.07) is 7.18. The predicted octanol–water partition coefficient (Wildman–Crippen LogP) is 3.37. The third-order valence-electron chi connectivity index (χ3n) is 4.38. The monoisotopic (exact) mass is 330 g/mol. The number of benzene rings is 1. The highest BCUT2D eigenvalue weighted by Crippen LogP contribution is 2.36. The number of aryl methyl sites for hydroxylation is 1. The van der Waals surface area contributed by atoms with E-state index >= 15 is 0 Å². The number of hydrogen-bond donors (Lipinski definition) is 0. The zero-order chi connectivity index (χ0) is 17.1. The van der Waals surface area contributed by atoms with Crippen molar-refractivity contribution in [2.75, 3.05) is 20.8 Å². The molecule has 1 aliphatic rings. The van der Waals surface area contributed by atoms with Crippen LogP contribution in [0.5, 0.6) is 11.5 Å². The van der Waals surface area contributed by atoms with Crippen LogP contribution in [0.2, 0.25) is 0 Å². The molecule has 1 amide bonds. The number of hydrogen-bond acceptors (Lipinski definition) is 5. The minimum Gasteiger partial charge on any atom is -0.493 e. The molecule has 0 spiro atoms. The Kier molecular flexibility index (Phi) is 4.74. The summed E-state index contributed by atoms with van der Waals surface area (Å²) in [5.41, 5.74) is 1.31. The van der Waals surface area contributed by atoms with Gasteiger partial charge in [0, 0.05) is 12.6 Å². The van der Waals surface area contributed by atoms with Crippen LogP contribution in [0, 0.1) is 6.92 Å². The van der Waals surface area contributed by atoms with Crippen molar-refractivity contribution >= 4 is 5.91 Å². The Hall–Kier alpha value is -2.50. The molecule has 128 valence electrons. The lowest BCUT2D eigenvalue weighted by atomic mass is 9.97. The van der Waals surface area contributed by atoms with Crippen molar-refractivity contribution in [3.8, 4) is 11.5 Å². The van der Waals surface area contributed by atoms with Gasteiger partial charge in [-0.1, -0.05) is 11.2 Å². The Balaban J connectivity index is 1.95. The van der Waals surface area contributed by atoms with Crippen LogP contribution in [0.3, 0.4) is 0 Å². The van der Waals surface area contributed by atoms with Gasteiger partial charge in [0.15, 0.2) is 11.5 Å². The van der Waals surface area contributed by atoms with Gasteiger partial charge in [0.1, 0.15) is 11.5 Å². The Morgan fingerprint density at radius 1 is 1.29 bits per heavy atom. The largest absolute Gasteiger partial charge is 0.493 e. The first-order chi connectivity index (χ1) is 11.7. The standard InChI is InChI=1S/C18H22N2O4/c1-12-11-14(19-24-12)15-8-4-5-10-20(15)18(21)13-7-6-9-16(22-2)17(13)23-3/h6-7,9,11,15H,4-5,8,10H2,1-3H3/t15-/m0/s1. The number of carbonyl (C=O) groups is 1. The van der Waals surface area contributed by atoms with Gasteiger partial charge in [0.2, 0.25) is 0 Å². The molecule has 6 nitrogen and oxygen atoms in total. The van der Waals surface area contributed by atoms with E-state index in [1.54, 1.807) is 32.4 Å². The lowest BCUT2D eigenvalue weighted by Gasteiger charge is -2.34. The molecule has 2 heterocycles. The molecule has 0 unspecified atom stereocenters. The van der Waals surface area contributed by atoms with Crippen LogP contribution >= 0.6 is 0 Å². The van der Waals surface area contributed by atoms with Gasteiger partial charge in [-0.3, -0.25) is 4.79 Å². The van der Waals surface area contributed by atoms with Crippen molar-refractivity contribution in [1.29, 1.82) is 0 Å². The van der Waals surface area contributed by atoms with Gasteiger partial charge in [0.05, 0.1) is 25.8 Å². The molecular formula is C18H22N2O4. The van der Waals surface area contributed by atoms with E-state index in [1.807, 2.05) is 17.9 Å². The van der Waals surface area contributed by atoms with E-state index in [0.717, 1.165) is 30.7 Å². The van der Waals surface area contributed by atoms with Crippen molar-refractivity contribution in [2.24, 2.45) is 0 Å². The average molecular weight is 330 g/mol. The first-order valence-electron chi connectivity index (χ1n) is 8.11. The summed E-state index contributed by atoms with van der Waals surface area (Å²) in [7, 11) is 3.11. The zero-order valence-corrected chi connectivity index (χ0v) is 14.2. The van der Waals surface area contributed by atoms with Gasteiger partial charge < -0.3 is 18.9 Å². The highest BCUT2D eigenvalue weighted by molar-refractivity contribution is 5.98. The number of ether oxygens (including phenoxy) is 2. The molecule has 1 saturated heterocycles. The van der Waals surface area contributed by atoms with Crippen LogP contribution < -0.4 is 9.47 Å². The van der Waals surface area contributed by atoms with Gasteiger partial charge in [-0.25, -0.2) is 0 Å². The van der Waals surface area contributed by atoms with E-state index < -0.39 is 0 Å². The summed E-state index contributed by atoms with van der Waals surface area (Å²) in [6.45, 7) is 2.55. The van der Waals surface area contributed by atoms with E-state index in [0.29, 0.717) is 23.6 Å². The topological polar surface area (TPSA) is 64.8 Å². The van der Waals surface area contributed by atoms with Gasteiger partial charge in [-0.15, -0.1) is 0 Å². The zero-order valence-electron chi connectivity index (χ0n) is 14.2. The third-order valence-corrected chi connectivity index (χ3v) is 4.38. The number of methoxy groups -OCH3 is 2. The molecule has 1 atom stereocenters. The summed E-state index contributed by atoms with van der Waals surface area (Å²) >= 11 is 0. The molecule has 0 aliphatic carbocycles. The molecule has 0 N–H and O–H groups in total. The highest BCUT2D eigenvalue weighted by Gasteiger charge is 2.32. The molecular weight excluding hydrogens is 308 g/mol. The summed E-state index contributed by atoms with van der Waals surface area (Å²) in [6.07, 6.45) is 2.92. The number of amides is 1. The number of para-hydroxylation sites is 1. The Bertz CT molecular complexity index is 726. The fraction of sp³-hybridized carbons (Fsp3) is 0.444. The first-order valence-corrected chi connectivity index (χ1v) is 8.11. The molecule has 6 heteroatoms. The second-order valence-corrected chi connectivity index (χ2v) is 5.91. The number of nitrogens with zero attached hydrogens (tertiary/aromatic N) is 2. The quantitative estimate of drug-likeness (QED) is 0.860. The van der Waals surface area contributed by atoms with Crippen molar-refractivity contribution in [3.05, 3.63) is 41.3 Å². The van der Waals surface area contributed by atoms with Crippen molar-refractivity contribution in [1.82, 2.24) is 10.1 Å². The smallest absolute Gasteiger partial charge is 0.258 e. The van der Waals surface area contributed by atoms with Gasteiger partial charge in [-0.05, 0) is 38.3 Å². The van der Waals surface area contributed by atoms with E-state index in [9.17, 15) is 4.79 Å². The van der Waals surface area contributed by atoms with E-state index in [1.165, 1.54) is 0 Å². The predicted molar refractivity (Wildman–Crippen MR) is 88.4 cm³/mol. The van der Waals surface area contributed by atoms with Crippen molar-refractivity contribution < 1.29 is 18.8 Å². The second kappa shape index (κ2) is 6.95. The lowest BCUT2D eigenvalue weighted by molar-refractivity contribution is 0.0598. The maximum atomic E-state index is 13.2. The van der Waals surface area contributed by atoms with Gasteiger partial charge >= 0.3 is 0 Å². The fourth-order valence-corrected chi connectivity index (χ4v) is 3.24. The molecule has 3 rings (SSSR count). The Morgan fingerprint density at radius 3 is 2.79 bits per heavy atom. The lowest BCUT2D eigenvalue weighted by Crippen LogP contribution is -2.38. The number of carbonyl (C=O) groups excluding carboxylic acids is 1. The molecule has 1 aromatic carbocycles. The fourth-order valence-electron chi connectivity index (χ4n) is 3.24. The number of piperidine rings is 1. The second-order valence-electron chi connectivity index (χ2n) is 5.91. The van der Waals surface area contributed by atoms with E-state index in [2.05, 4.69) is 5.16 Å². The molecule has 1 fully saturated rings. The number of rotatable bonds is 4. The summed E-state index contributed by atoms with van der Waals surface area (Å²) in [5, 5.41) is 4.12. The molecule has 24 heavy (non-hydrogen) atoms. The van der Waals surface area contributed by atoms with Crippen LogP contribution in [-0.4, -0.2) is 36.7 Å². The van der Waals surface area contributed by atoms with E-state index in [4.69, 9.17) is 14.0 Å². The molecule has 0 bridgehead atoms. The van der Waals surface area contributed by atoms with Crippen molar-refractivity contribution in [2.45, 2.75) is 32.2 Å². The number of aromatic nitrogens is 1. The highest BCUT2D eigenvalue weighted by atomic mass is 16.5. The van der Waals surface area contributed by atoms with Gasteiger partial charge in [0.25, 0.3) is 5.91 Å². The molecule has 1 aromatic heterocycles. The SMILES string of the molecule is COc1cccc(C(=O)N2CCCC[C@H]2c2cc(C)on2)c1OC. The normalized spacial score (nSPS) is 17.6. The maximum Gasteiger partial charge on any atom is 0.258 e. The van der Waals surface area contributed by atoms with E-state index in [-0.39, 0.29) is 11.9 Å². The number of likely N-dealkylation sites (tertiary alicyclic amines) is 1. The van der Waals surface area contributed by atoms with Gasteiger partial charge in [-0.2, -0.15) is 0 Å². The molecule has 0 saturated carbocycles. The van der Waals surface area contributed by atoms with Crippen LogP contribution in [-0.2, 0) is 0 Å². The summed E-state index contributed by atoms with van der Waals surface area (Å²) < 4.78 is 15.9. The molecule has 1 aliphatic heterocycles. The molecule has 2 aromatic rings. The summed E-state index contributed by atoms with van der Waals surface area (Å²) in [4.78, 5) is 15.0. The minimum absolute atomic E-state index is 0.0698. The minimum atomic E-state index is -0.0731. The molecule has 0 radical (unpaired) electrons. The van der Waals surface area contributed by atoms with Crippen LogP contribution in [0.1, 0.15) is 47.1 Å². The maximum absolute atomic E-state index is 13.2. The van der Waals surface area contributed by atoms with Crippen molar-refractivity contribution in [3.63, 3.8) is 0 Å². The first kappa shape index (κ1) is 16.4. The van der Waals surface area contributed by atoms with Crippen LogP contribution in [0.15, 0.2) is 28.8 Å². The third kappa shape index (κ3) is 2.96. The Morgan fingerprint density at radius 2 is 2.12 bits per heavy atom. The summed E-state index contributed by atoms with van der Waals surface area (Å²) in [5.74, 6) is 1.69.